The summed E-state index contributed by atoms with van der Waals surface area (Å²) in [6.45, 7) is 8.17. The van der Waals surface area contributed by atoms with Crippen LogP contribution < -0.4 is 0 Å². The standard InChI is InChI=1S/C27H39NO7/c1-17-11-22(17)24-14-21(34-27(3,4)35-24)13-23(33-16-31-5)18(2)25(29)28-20(15-32-26(28)30)12-19-9-7-6-8-10-19/h6-10,17-18,20-24H,11-16H2,1-5H3/t17-,18-,20-,21+,22-,23+,24+/m1/s1. The van der Waals surface area contributed by atoms with Gasteiger partial charge in [-0.25, -0.2) is 9.69 Å². The number of carbonyl (C=O) groups is 2. The van der Waals surface area contributed by atoms with Gasteiger partial charge in [-0.15, -0.1) is 0 Å². The maximum Gasteiger partial charge on any atom is 0.416 e. The van der Waals surface area contributed by atoms with Crippen molar-refractivity contribution >= 4 is 12.0 Å². The molecule has 2 saturated heterocycles. The quantitative estimate of drug-likeness (QED) is 0.457. The minimum atomic E-state index is -0.700. The SMILES string of the molecule is COCO[C@@H](C[C@H]1C[C@@H]([C@@H]2C[C@H]2C)OC(C)(C)O1)[C@@H](C)C(=O)N1C(=O)OC[C@H]1Cc1ccccc1. The van der Waals surface area contributed by atoms with Gasteiger partial charge in [0.2, 0.25) is 5.91 Å². The molecular formula is C27H39NO7. The zero-order valence-electron chi connectivity index (χ0n) is 21.5. The molecule has 1 aliphatic carbocycles. The third-order valence-electron chi connectivity index (χ3n) is 7.39. The number of hydrogen-bond donors (Lipinski definition) is 0. The Kier molecular flexibility index (Phi) is 8.16. The number of carbonyl (C=O) groups excluding carboxylic acids is 2. The van der Waals surface area contributed by atoms with Gasteiger partial charge in [0.15, 0.2) is 5.79 Å². The summed E-state index contributed by atoms with van der Waals surface area (Å²) in [5, 5.41) is 0. The number of hydrogen-bond acceptors (Lipinski definition) is 7. The molecule has 4 rings (SSSR count). The molecule has 2 amide bonds. The van der Waals surface area contributed by atoms with Crippen LogP contribution in [-0.2, 0) is 34.9 Å². The molecule has 0 radical (unpaired) electrons. The molecule has 0 spiro atoms. The van der Waals surface area contributed by atoms with E-state index in [0.717, 1.165) is 12.0 Å². The van der Waals surface area contributed by atoms with Crippen LogP contribution in [0.2, 0.25) is 0 Å². The lowest BCUT2D eigenvalue weighted by atomic mass is 9.92. The van der Waals surface area contributed by atoms with E-state index in [-0.39, 0.29) is 37.6 Å². The van der Waals surface area contributed by atoms with Crippen LogP contribution >= 0.6 is 0 Å². The van der Waals surface area contributed by atoms with Crippen LogP contribution in [0.25, 0.3) is 0 Å². The number of ether oxygens (including phenoxy) is 5. The van der Waals surface area contributed by atoms with Crippen molar-refractivity contribution in [3.05, 3.63) is 35.9 Å². The fourth-order valence-corrected chi connectivity index (χ4v) is 5.40. The first kappa shape index (κ1) is 26.1. The molecule has 0 N–H and O–H groups in total. The van der Waals surface area contributed by atoms with Crippen LogP contribution in [0.5, 0.6) is 0 Å². The van der Waals surface area contributed by atoms with Gasteiger partial charge in [-0.1, -0.05) is 44.2 Å². The Bertz CT molecular complexity index is 876. The molecule has 1 aromatic carbocycles. The van der Waals surface area contributed by atoms with Crippen LogP contribution in [0, 0.1) is 17.8 Å². The first-order valence-corrected chi connectivity index (χ1v) is 12.7. The molecule has 3 fully saturated rings. The molecule has 2 heterocycles. The predicted molar refractivity (Wildman–Crippen MR) is 128 cm³/mol. The molecule has 1 aromatic rings. The van der Waals surface area contributed by atoms with Crippen LogP contribution in [0.1, 0.15) is 52.5 Å². The second kappa shape index (κ2) is 10.9. The van der Waals surface area contributed by atoms with Crippen molar-refractivity contribution in [3.8, 4) is 0 Å². The Balaban J connectivity index is 1.45. The van der Waals surface area contributed by atoms with Gasteiger partial charge in [-0.05, 0) is 44.1 Å². The van der Waals surface area contributed by atoms with Gasteiger partial charge < -0.3 is 23.7 Å². The van der Waals surface area contributed by atoms with Gasteiger partial charge in [-0.3, -0.25) is 4.79 Å². The maximum atomic E-state index is 13.6. The van der Waals surface area contributed by atoms with E-state index in [9.17, 15) is 9.59 Å². The smallest absolute Gasteiger partial charge is 0.416 e. The molecule has 8 nitrogen and oxygen atoms in total. The van der Waals surface area contributed by atoms with Crippen molar-refractivity contribution in [2.75, 3.05) is 20.5 Å². The summed E-state index contributed by atoms with van der Waals surface area (Å²) in [4.78, 5) is 27.4. The first-order chi connectivity index (χ1) is 16.7. The highest BCUT2D eigenvalue weighted by Gasteiger charge is 2.48. The van der Waals surface area contributed by atoms with Crippen molar-refractivity contribution in [3.63, 3.8) is 0 Å². The van der Waals surface area contributed by atoms with E-state index < -0.39 is 23.9 Å². The lowest BCUT2D eigenvalue weighted by molar-refractivity contribution is -0.308. The third-order valence-corrected chi connectivity index (χ3v) is 7.39. The molecular weight excluding hydrogens is 450 g/mol. The minimum Gasteiger partial charge on any atom is -0.447 e. The van der Waals surface area contributed by atoms with E-state index >= 15 is 0 Å². The Labute approximate surface area is 208 Å². The van der Waals surface area contributed by atoms with Gasteiger partial charge >= 0.3 is 6.09 Å². The Morgan fingerprint density at radius 1 is 1.20 bits per heavy atom. The van der Waals surface area contributed by atoms with Crippen molar-refractivity contribution < 1.29 is 33.3 Å². The first-order valence-electron chi connectivity index (χ1n) is 12.7. The van der Waals surface area contributed by atoms with Crippen molar-refractivity contribution in [2.45, 2.75) is 83.5 Å². The van der Waals surface area contributed by atoms with Crippen LogP contribution in [0.15, 0.2) is 30.3 Å². The van der Waals surface area contributed by atoms with E-state index in [4.69, 9.17) is 23.7 Å². The Hall–Kier alpha value is -2.00. The largest absolute Gasteiger partial charge is 0.447 e. The summed E-state index contributed by atoms with van der Waals surface area (Å²) in [7, 11) is 1.55. The molecule has 7 atom stereocenters. The summed E-state index contributed by atoms with van der Waals surface area (Å²) >= 11 is 0. The van der Waals surface area contributed by atoms with Gasteiger partial charge in [-0.2, -0.15) is 0 Å². The molecule has 2 aliphatic heterocycles. The van der Waals surface area contributed by atoms with E-state index in [1.54, 1.807) is 14.0 Å². The van der Waals surface area contributed by atoms with E-state index in [0.29, 0.717) is 24.7 Å². The highest BCUT2D eigenvalue weighted by molar-refractivity contribution is 5.95. The van der Waals surface area contributed by atoms with Crippen molar-refractivity contribution in [1.82, 2.24) is 4.90 Å². The van der Waals surface area contributed by atoms with Gasteiger partial charge in [0.25, 0.3) is 0 Å². The highest BCUT2D eigenvalue weighted by atomic mass is 16.7. The number of methoxy groups -OCH3 is 1. The van der Waals surface area contributed by atoms with Crippen molar-refractivity contribution in [2.24, 2.45) is 17.8 Å². The zero-order chi connectivity index (χ0) is 25.2. The molecule has 194 valence electrons. The second-order valence-electron chi connectivity index (χ2n) is 10.7. The van der Waals surface area contributed by atoms with Gasteiger partial charge in [0.05, 0.1) is 30.3 Å². The predicted octanol–water partition coefficient (Wildman–Crippen LogP) is 4.16. The van der Waals surface area contributed by atoms with Crippen molar-refractivity contribution in [1.29, 1.82) is 0 Å². The fraction of sp³-hybridized carbons (Fsp3) is 0.704. The maximum absolute atomic E-state index is 13.6. The number of amides is 2. The Morgan fingerprint density at radius 2 is 1.91 bits per heavy atom. The summed E-state index contributed by atoms with van der Waals surface area (Å²) < 4.78 is 28.9. The highest BCUT2D eigenvalue weighted by Crippen LogP contribution is 2.47. The minimum absolute atomic E-state index is 0.0515. The van der Waals surface area contributed by atoms with Gasteiger partial charge in [0, 0.05) is 20.0 Å². The number of nitrogens with zero attached hydrogens (tertiary/aromatic N) is 1. The number of imide groups is 1. The number of cyclic esters (lactones) is 1. The average Bonchev–Trinajstić information content (AvgIpc) is 3.45. The van der Waals surface area contributed by atoms with Crippen LogP contribution in [0.4, 0.5) is 4.79 Å². The number of benzene rings is 1. The zero-order valence-corrected chi connectivity index (χ0v) is 21.5. The summed E-state index contributed by atoms with van der Waals surface area (Å²) in [5.41, 5.74) is 1.05. The van der Waals surface area contributed by atoms with Gasteiger partial charge in [0.1, 0.15) is 13.4 Å². The summed E-state index contributed by atoms with van der Waals surface area (Å²) in [6, 6.07) is 9.46. The third kappa shape index (κ3) is 6.42. The molecule has 8 heteroatoms. The lowest BCUT2D eigenvalue weighted by Crippen LogP contribution is -2.49. The molecule has 35 heavy (non-hydrogen) atoms. The normalized spacial score (nSPS) is 31.6. The second-order valence-corrected chi connectivity index (χ2v) is 10.7. The monoisotopic (exact) mass is 489 g/mol. The molecule has 3 aliphatic rings. The summed E-state index contributed by atoms with van der Waals surface area (Å²) in [5.74, 6) is -0.362. The Morgan fingerprint density at radius 3 is 2.57 bits per heavy atom. The molecule has 0 bridgehead atoms. The van der Waals surface area contributed by atoms with E-state index in [1.807, 2.05) is 44.2 Å². The number of rotatable bonds is 10. The van der Waals surface area contributed by atoms with E-state index in [1.165, 1.54) is 11.3 Å². The molecule has 0 unspecified atom stereocenters. The lowest BCUT2D eigenvalue weighted by Gasteiger charge is -2.42. The fourth-order valence-electron chi connectivity index (χ4n) is 5.40. The average molecular weight is 490 g/mol. The molecule has 1 saturated carbocycles. The van der Waals surface area contributed by atoms with Crippen LogP contribution in [-0.4, -0.2) is 67.6 Å². The molecule has 0 aromatic heterocycles. The van der Waals surface area contributed by atoms with E-state index in [2.05, 4.69) is 6.92 Å². The van der Waals surface area contributed by atoms with Crippen LogP contribution in [0.3, 0.4) is 0 Å². The topological polar surface area (TPSA) is 83.5 Å². The summed E-state index contributed by atoms with van der Waals surface area (Å²) in [6.07, 6.45) is 1.92.